The van der Waals surface area contributed by atoms with Crippen LogP contribution in [0.4, 0.5) is 10.1 Å². The number of para-hydroxylation sites is 1. The molecule has 10 heteroatoms. The number of fused-ring (bicyclic) bond motifs is 1. The van der Waals surface area contributed by atoms with Crippen molar-refractivity contribution in [2.45, 2.75) is 0 Å². The fraction of sp³-hybridized carbons (Fsp3) is 0.294. The van der Waals surface area contributed by atoms with Gasteiger partial charge in [-0.2, -0.15) is 0 Å². The fourth-order valence-electron chi connectivity index (χ4n) is 2.45. The number of rotatable bonds is 7. The third-order valence-corrected chi connectivity index (χ3v) is 5.89. The van der Waals surface area contributed by atoms with Crippen LogP contribution in [0.2, 0.25) is 0 Å². The number of carbonyl (C=O) groups is 1. The number of nitro groups is 1. The molecule has 8 nitrogen and oxygen atoms in total. The highest BCUT2D eigenvalue weighted by atomic mass is 32.1. The predicted molar refractivity (Wildman–Crippen MR) is 107 cm³/mol. The van der Waals surface area contributed by atoms with Gasteiger partial charge in [-0.05, 0) is 32.3 Å². The lowest BCUT2D eigenvalue weighted by atomic mass is 10.3. The van der Waals surface area contributed by atoms with Crippen molar-refractivity contribution < 1.29 is 14.5 Å². The second kappa shape index (κ2) is 7.99. The van der Waals surface area contributed by atoms with Gasteiger partial charge in [0.1, 0.15) is 11.3 Å². The highest BCUT2D eigenvalue weighted by Gasteiger charge is 2.25. The zero-order valence-corrected chi connectivity index (χ0v) is 16.7. The first-order valence-corrected chi connectivity index (χ1v) is 9.68. The molecule has 2 aromatic heterocycles. The summed E-state index contributed by atoms with van der Waals surface area (Å²) in [4.78, 5) is 31.9. The van der Waals surface area contributed by atoms with Crippen LogP contribution < -0.4 is 9.64 Å². The van der Waals surface area contributed by atoms with Gasteiger partial charge in [0.2, 0.25) is 0 Å². The standard InChI is InChI=1S/C17H18N4O4S2/c1-19(2)9-10-20(16(22)13-7-8-14(26-13)21(23)24)17-18-15-11(25-3)5-4-6-12(15)27-17/h4-8H,9-10H2,1-3H3. The van der Waals surface area contributed by atoms with Gasteiger partial charge in [0.25, 0.3) is 5.91 Å². The van der Waals surface area contributed by atoms with E-state index >= 15 is 0 Å². The number of aromatic nitrogens is 1. The van der Waals surface area contributed by atoms with Crippen molar-refractivity contribution in [2.24, 2.45) is 0 Å². The monoisotopic (exact) mass is 406 g/mol. The van der Waals surface area contributed by atoms with Crippen molar-refractivity contribution in [3.8, 4) is 5.75 Å². The Kier molecular flexibility index (Phi) is 5.68. The van der Waals surface area contributed by atoms with Gasteiger partial charge >= 0.3 is 5.00 Å². The molecule has 0 aliphatic rings. The lowest BCUT2D eigenvalue weighted by molar-refractivity contribution is -0.380. The summed E-state index contributed by atoms with van der Waals surface area (Å²) in [6.45, 7) is 1.05. The van der Waals surface area contributed by atoms with E-state index in [-0.39, 0.29) is 10.9 Å². The lowest BCUT2D eigenvalue weighted by Gasteiger charge is -2.21. The molecule has 0 bridgehead atoms. The Morgan fingerprint density at radius 3 is 2.63 bits per heavy atom. The zero-order valence-electron chi connectivity index (χ0n) is 15.0. The number of amides is 1. The molecule has 1 amide bonds. The molecule has 3 aromatic rings. The minimum absolute atomic E-state index is 0.0584. The van der Waals surface area contributed by atoms with E-state index in [1.165, 1.54) is 23.5 Å². The van der Waals surface area contributed by atoms with E-state index in [0.717, 1.165) is 16.0 Å². The molecule has 0 radical (unpaired) electrons. The van der Waals surface area contributed by atoms with E-state index in [0.29, 0.717) is 34.4 Å². The molecular weight excluding hydrogens is 388 g/mol. The maximum absolute atomic E-state index is 13.1. The van der Waals surface area contributed by atoms with Crippen molar-refractivity contribution in [1.82, 2.24) is 9.88 Å². The molecule has 3 rings (SSSR count). The maximum Gasteiger partial charge on any atom is 0.324 e. The summed E-state index contributed by atoms with van der Waals surface area (Å²) < 4.78 is 6.26. The molecule has 0 aliphatic carbocycles. The molecule has 0 atom stereocenters. The molecule has 0 N–H and O–H groups in total. The van der Waals surface area contributed by atoms with E-state index in [2.05, 4.69) is 4.98 Å². The Labute approximate surface area is 163 Å². The van der Waals surface area contributed by atoms with Gasteiger partial charge < -0.3 is 9.64 Å². The Hall–Kier alpha value is -2.56. The molecule has 0 saturated heterocycles. The third-order valence-electron chi connectivity index (χ3n) is 3.82. The summed E-state index contributed by atoms with van der Waals surface area (Å²) in [5.74, 6) is 0.342. The smallest absolute Gasteiger partial charge is 0.324 e. The number of thiazole rings is 1. The van der Waals surface area contributed by atoms with Gasteiger partial charge in [-0.25, -0.2) is 4.98 Å². The number of nitrogens with zero attached hydrogens (tertiary/aromatic N) is 4. The van der Waals surface area contributed by atoms with E-state index < -0.39 is 4.92 Å². The van der Waals surface area contributed by atoms with Crippen molar-refractivity contribution in [3.05, 3.63) is 45.3 Å². The SMILES string of the molecule is COc1cccc2sc(N(CCN(C)C)C(=O)c3ccc([N+](=O)[O-])s3)nc12. The Morgan fingerprint density at radius 2 is 2.00 bits per heavy atom. The number of anilines is 1. The normalized spacial score (nSPS) is 11.1. The van der Waals surface area contributed by atoms with Gasteiger partial charge in [-0.1, -0.05) is 28.7 Å². The summed E-state index contributed by atoms with van der Waals surface area (Å²) in [5, 5.41) is 11.4. The molecule has 27 heavy (non-hydrogen) atoms. The first kappa shape index (κ1) is 19.2. The largest absolute Gasteiger partial charge is 0.494 e. The first-order valence-electron chi connectivity index (χ1n) is 8.05. The average molecular weight is 406 g/mol. The number of methoxy groups -OCH3 is 1. The van der Waals surface area contributed by atoms with E-state index in [1.807, 2.05) is 37.2 Å². The molecule has 1 aromatic carbocycles. The maximum atomic E-state index is 13.1. The minimum atomic E-state index is -0.492. The molecule has 0 fully saturated rings. The van der Waals surface area contributed by atoms with Crippen molar-refractivity contribution in [3.63, 3.8) is 0 Å². The summed E-state index contributed by atoms with van der Waals surface area (Å²) in [6, 6.07) is 8.45. The number of thiophene rings is 1. The van der Waals surface area contributed by atoms with Crippen LogP contribution in [0, 0.1) is 10.1 Å². The van der Waals surface area contributed by atoms with Crippen LogP contribution >= 0.6 is 22.7 Å². The van der Waals surface area contributed by atoms with Crippen LogP contribution in [0.5, 0.6) is 5.75 Å². The molecule has 0 aliphatic heterocycles. The average Bonchev–Trinajstić information content (AvgIpc) is 3.28. The van der Waals surface area contributed by atoms with Crippen molar-refractivity contribution in [2.75, 3.05) is 39.2 Å². The minimum Gasteiger partial charge on any atom is -0.494 e. The Bertz CT molecular complexity index is 982. The van der Waals surface area contributed by atoms with Gasteiger partial charge in [-0.15, -0.1) is 0 Å². The van der Waals surface area contributed by atoms with E-state index in [4.69, 9.17) is 4.74 Å². The van der Waals surface area contributed by atoms with Crippen molar-refractivity contribution in [1.29, 1.82) is 0 Å². The third kappa shape index (κ3) is 4.07. The van der Waals surface area contributed by atoms with E-state index in [9.17, 15) is 14.9 Å². The summed E-state index contributed by atoms with van der Waals surface area (Å²) >= 11 is 2.26. The Balaban J connectivity index is 1.99. The summed E-state index contributed by atoms with van der Waals surface area (Å²) in [7, 11) is 5.41. The Morgan fingerprint density at radius 1 is 1.22 bits per heavy atom. The second-order valence-electron chi connectivity index (χ2n) is 5.96. The first-order chi connectivity index (χ1) is 12.9. The van der Waals surface area contributed by atoms with E-state index in [1.54, 1.807) is 12.0 Å². The topological polar surface area (TPSA) is 88.8 Å². The van der Waals surface area contributed by atoms with Crippen LogP contribution in [0.25, 0.3) is 10.2 Å². The number of hydrogen-bond donors (Lipinski definition) is 0. The molecular formula is C17H18N4O4S2. The van der Waals surface area contributed by atoms with Crippen LogP contribution in [0.1, 0.15) is 9.67 Å². The molecule has 2 heterocycles. The van der Waals surface area contributed by atoms with Crippen molar-refractivity contribution >= 4 is 48.9 Å². The van der Waals surface area contributed by atoms with Gasteiger partial charge in [0, 0.05) is 19.2 Å². The summed E-state index contributed by atoms with van der Waals surface area (Å²) in [5.41, 5.74) is 0.694. The van der Waals surface area contributed by atoms with Crippen LogP contribution in [0.15, 0.2) is 30.3 Å². The predicted octanol–water partition coefficient (Wildman–Crippen LogP) is 3.48. The molecule has 0 spiro atoms. The molecule has 142 valence electrons. The quantitative estimate of drug-likeness (QED) is 0.441. The van der Waals surface area contributed by atoms with Crippen LogP contribution in [0.3, 0.4) is 0 Å². The highest BCUT2D eigenvalue weighted by molar-refractivity contribution is 7.22. The fourth-order valence-corrected chi connectivity index (χ4v) is 4.23. The lowest BCUT2D eigenvalue weighted by Crippen LogP contribution is -2.36. The van der Waals surface area contributed by atoms with Crippen LogP contribution in [-0.4, -0.2) is 55.0 Å². The second-order valence-corrected chi connectivity index (χ2v) is 8.03. The summed E-state index contributed by atoms with van der Waals surface area (Å²) in [6.07, 6.45) is 0. The van der Waals surface area contributed by atoms with Gasteiger partial charge in [0.15, 0.2) is 5.13 Å². The zero-order chi connectivity index (χ0) is 19.6. The number of likely N-dealkylation sites (N-methyl/N-ethyl adjacent to an activating group) is 1. The molecule has 0 unspecified atom stereocenters. The molecule has 0 saturated carbocycles. The van der Waals surface area contributed by atoms with Gasteiger partial charge in [0.05, 0.1) is 21.6 Å². The number of carbonyl (C=O) groups excluding carboxylic acids is 1. The van der Waals surface area contributed by atoms with Crippen LogP contribution in [-0.2, 0) is 0 Å². The highest BCUT2D eigenvalue weighted by Crippen LogP contribution is 2.35. The number of ether oxygens (including phenoxy) is 1. The van der Waals surface area contributed by atoms with Gasteiger partial charge in [-0.3, -0.25) is 19.8 Å². The number of hydrogen-bond acceptors (Lipinski definition) is 8. The number of benzene rings is 1.